The second-order valence-corrected chi connectivity index (χ2v) is 7.09. The molecule has 0 saturated heterocycles. The first-order valence-electron chi connectivity index (χ1n) is 9.17. The van der Waals surface area contributed by atoms with E-state index in [4.69, 9.17) is 0 Å². The van der Waals surface area contributed by atoms with Crippen LogP contribution in [-0.4, -0.2) is 32.6 Å². The molecule has 1 unspecified atom stereocenters. The number of aromatic amines is 1. The molecule has 1 aromatic heterocycles. The number of fused-ring (bicyclic) bond motifs is 1. The molecular weight excluding hydrogens is 383 g/mol. The van der Waals surface area contributed by atoms with Gasteiger partial charge >= 0.3 is 6.18 Å². The number of hydrogen-bond donors (Lipinski definition) is 2. The normalized spacial score (nSPS) is 16.6. The molecular formula is C20H18F3N5O. The van der Waals surface area contributed by atoms with Crippen LogP contribution in [0.1, 0.15) is 34.0 Å². The first-order valence-corrected chi connectivity index (χ1v) is 9.17. The van der Waals surface area contributed by atoms with Gasteiger partial charge in [-0.25, -0.2) is 0 Å². The topological polar surface area (TPSA) is 83.6 Å². The van der Waals surface area contributed by atoms with Crippen LogP contribution in [0.3, 0.4) is 0 Å². The van der Waals surface area contributed by atoms with E-state index in [1.165, 1.54) is 12.1 Å². The predicted octanol–water partition coefficient (Wildman–Crippen LogP) is 2.83. The Morgan fingerprint density at radius 1 is 1.14 bits per heavy atom. The number of rotatable bonds is 6. The molecule has 2 N–H and O–H groups in total. The molecule has 1 heterocycles. The van der Waals surface area contributed by atoms with Gasteiger partial charge in [0.1, 0.15) is 0 Å². The van der Waals surface area contributed by atoms with Gasteiger partial charge in [-0.15, -0.1) is 10.2 Å². The maximum Gasteiger partial charge on any atom is 0.416 e. The van der Waals surface area contributed by atoms with Crippen LogP contribution in [-0.2, 0) is 30.2 Å². The maximum absolute atomic E-state index is 12.8. The quantitative estimate of drug-likeness (QED) is 0.665. The first kappa shape index (κ1) is 19.1. The van der Waals surface area contributed by atoms with Crippen LogP contribution in [0.5, 0.6) is 0 Å². The van der Waals surface area contributed by atoms with E-state index in [9.17, 15) is 18.0 Å². The Labute approximate surface area is 164 Å². The zero-order valence-electron chi connectivity index (χ0n) is 15.3. The van der Waals surface area contributed by atoms with Gasteiger partial charge in [-0.1, -0.05) is 41.6 Å². The number of benzene rings is 2. The van der Waals surface area contributed by atoms with Gasteiger partial charge in [0.15, 0.2) is 5.82 Å². The molecule has 6 nitrogen and oxygen atoms in total. The first-order chi connectivity index (χ1) is 13.9. The molecule has 1 aliphatic carbocycles. The van der Waals surface area contributed by atoms with E-state index in [1.807, 2.05) is 24.3 Å². The number of carbonyl (C=O) groups excluding carboxylic acids is 1. The minimum absolute atomic E-state index is 0.107. The second kappa shape index (κ2) is 7.65. The third kappa shape index (κ3) is 4.28. The number of tetrazole rings is 1. The molecule has 0 bridgehead atoms. The summed E-state index contributed by atoms with van der Waals surface area (Å²) in [4.78, 5) is 12.8. The lowest BCUT2D eigenvalue weighted by molar-refractivity contribution is -0.137. The Hall–Kier alpha value is -3.23. The number of nitrogens with one attached hydrogen (secondary N) is 2. The highest BCUT2D eigenvalue weighted by Crippen LogP contribution is 2.35. The van der Waals surface area contributed by atoms with E-state index < -0.39 is 11.7 Å². The Morgan fingerprint density at radius 2 is 1.90 bits per heavy atom. The molecule has 29 heavy (non-hydrogen) atoms. The third-order valence-corrected chi connectivity index (χ3v) is 5.10. The Bertz CT molecular complexity index is 986. The molecule has 0 fully saturated rings. The monoisotopic (exact) mass is 401 g/mol. The zero-order chi connectivity index (χ0) is 20.4. The molecule has 2 atom stereocenters. The SMILES string of the molecule is O=C(N[C@@H](Cc1ccc(C(F)(F)F)cc1)Cc1nn[nH]n1)C1Cc2ccccc21. The van der Waals surface area contributed by atoms with Crippen molar-refractivity contribution in [3.63, 3.8) is 0 Å². The van der Waals surface area contributed by atoms with Crippen molar-refractivity contribution >= 4 is 5.91 Å². The summed E-state index contributed by atoms with van der Waals surface area (Å²) < 4.78 is 38.3. The molecule has 4 rings (SSSR count). The summed E-state index contributed by atoms with van der Waals surface area (Å²) in [6.07, 6.45) is -3.03. The zero-order valence-corrected chi connectivity index (χ0v) is 15.3. The van der Waals surface area contributed by atoms with Crippen LogP contribution in [0.25, 0.3) is 0 Å². The summed E-state index contributed by atoms with van der Waals surface area (Å²) in [6, 6.07) is 12.4. The molecule has 0 spiro atoms. The van der Waals surface area contributed by atoms with Crippen molar-refractivity contribution in [3.05, 3.63) is 76.6 Å². The molecule has 3 aromatic rings. The fourth-order valence-corrected chi connectivity index (χ4v) is 3.57. The van der Waals surface area contributed by atoms with E-state index >= 15 is 0 Å². The maximum atomic E-state index is 12.8. The fourth-order valence-electron chi connectivity index (χ4n) is 3.57. The summed E-state index contributed by atoms with van der Waals surface area (Å²) in [5.74, 6) is 0.104. The van der Waals surface area contributed by atoms with Crippen LogP contribution in [0.2, 0.25) is 0 Å². The van der Waals surface area contributed by atoms with Crippen molar-refractivity contribution in [2.75, 3.05) is 0 Å². The smallest absolute Gasteiger partial charge is 0.352 e. The highest BCUT2D eigenvalue weighted by atomic mass is 19.4. The van der Waals surface area contributed by atoms with E-state index in [1.54, 1.807) is 0 Å². The molecule has 0 saturated carbocycles. The van der Waals surface area contributed by atoms with E-state index in [0.29, 0.717) is 30.7 Å². The van der Waals surface area contributed by atoms with E-state index in [-0.39, 0.29) is 17.9 Å². The van der Waals surface area contributed by atoms with Gasteiger partial charge in [0, 0.05) is 12.5 Å². The minimum Gasteiger partial charge on any atom is -0.352 e. The molecule has 0 aliphatic heterocycles. The summed E-state index contributed by atoms with van der Waals surface area (Å²) >= 11 is 0. The van der Waals surface area contributed by atoms with Gasteiger partial charge in [0.05, 0.1) is 11.5 Å². The average molecular weight is 401 g/mol. The fraction of sp³-hybridized carbons (Fsp3) is 0.300. The number of aromatic nitrogens is 4. The van der Waals surface area contributed by atoms with Crippen molar-refractivity contribution in [3.8, 4) is 0 Å². The standard InChI is InChI=1S/C20H18F3N5O/c21-20(22,23)14-7-5-12(6-8-14)9-15(11-18-25-27-28-26-18)24-19(29)17-10-13-3-1-2-4-16(13)17/h1-8,15,17H,9-11H2,(H,24,29)(H,25,26,27,28)/t15-,17?/m0/s1. The van der Waals surface area contributed by atoms with Crippen LogP contribution in [0.4, 0.5) is 13.2 Å². The Morgan fingerprint density at radius 3 is 2.55 bits per heavy atom. The molecule has 1 aliphatic rings. The number of carbonyl (C=O) groups is 1. The number of H-pyrrole nitrogens is 1. The van der Waals surface area contributed by atoms with Crippen molar-refractivity contribution in [2.45, 2.75) is 37.4 Å². The van der Waals surface area contributed by atoms with Gasteiger partial charge in [0.25, 0.3) is 0 Å². The van der Waals surface area contributed by atoms with Crippen LogP contribution in [0.15, 0.2) is 48.5 Å². The van der Waals surface area contributed by atoms with E-state index in [2.05, 4.69) is 25.9 Å². The van der Waals surface area contributed by atoms with Gasteiger partial charge in [0.2, 0.25) is 5.91 Å². The number of halogens is 3. The number of amides is 1. The highest BCUT2D eigenvalue weighted by Gasteiger charge is 2.33. The van der Waals surface area contributed by atoms with Gasteiger partial charge in [-0.2, -0.15) is 18.4 Å². The molecule has 150 valence electrons. The van der Waals surface area contributed by atoms with Crippen molar-refractivity contribution in [2.24, 2.45) is 0 Å². The number of nitrogens with zero attached hydrogens (tertiary/aromatic N) is 3. The van der Waals surface area contributed by atoms with Crippen LogP contribution >= 0.6 is 0 Å². The second-order valence-electron chi connectivity index (χ2n) is 7.09. The molecule has 0 radical (unpaired) electrons. The van der Waals surface area contributed by atoms with Crippen LogP contribution < -0.4 is 5.32 Å². The number of alkyl halides is 3. The molecule has 9 heteroatoms. The summed E-state index contributed by atoms with van der Waals surface area (Å²) in [7, 11) is 0. The Kier molecular flexibility index (Phi) is 5.04. The van der Waals surface area contributed by atoms with Crippen molar-refractivity contribution in [1.82, 2.24) is 25.9 Å². The van der Waals surface area contributed by atoms with Crippen molar-refractivity contribution in [1.29, 1.82) is 0 Å². The lowest BCUT2D eigenvalue weighted by Gasteiger charge is -2.30. The number of hydrogen-bond acceptors (Lipinski definition) is 4. The largest absolute Gasteiger partial charge is 0.416 e. The molecule has 2 aromatic carbocycles. The average Bonchev–Trinajstić information content (AvgIpc) is 3.15. The van der Waals surface area contributed by atoms with Gasteiger partial charge in [-0.3, -0.25) is 4.79 Å². The summed E-state index contributed by atoms with van der Waals surface area (Å²) in [6.45, 7) is 0. The highest BCUT2D eigenvalue weighted by molar-refractivity contribution is 5.87. The molecule has 1 amide bonds. The third-order valence-electron chi connectivity index (χ3n) is 5.10. The summed E-state index contributed by atoms with van der Waals surface area (Å²) in [5.41, 5.74) is 2.15. The van der Waals surface area contributed by atoms with E-state index in [0.717, 1.165) is 23.3 Å². The predicted molar refractivity (Wildman–Crippen MR) is 97.8 cm³/mol. The summed E-state index contributed by atoms with van der Waals surface area (Å²) in [5, 5.41) is 16.7. The lowest BCUT2D eigenvalue weighted by Crippen LogP contribution is -2.43. The van der Waals surface area contributed by atoms with Gasteiger partial charge in [-0.05, 0) is 41.7 Å². The lowest BCUT2D eigenvalue weighted by atomic mass is 9.77. The minimum atomic E-state index is -4.38. The van der Waals surface area contributed by atoms with Crippen LogP contribution in [0, 0.1) is 0 Å². The van der Waals surface area contributed by atoms with Gasteiger partial charge < -0.3 is 5.32 Å². The van der Waals surface area contributed by atoms with Crippen molar-refractivity contribution < 1.29 is 18.0 Å². The Balaban J connectivity index is 1.47.